The third-order valence-electron chi connectivity index (χ3n) is 9.79. The van der Waals surface area contributed by atoms with Gasteiger partial charge in [-0.05, 0) is 63.0 Å². The quantitative estimate of drug-likeness (QED) is 0.317. The Morgan fingerprint density at radius 1 is 1.00 bits per heavy atom. The van der Waals surface area contributed by atoms with Crippen molar-refractivity contribution in [2.45, 2.75) is 91.3 Å². The number of hydrogen-bond donors (Lipinski definition) is 0. The van der Waals surface area contributed by atoms with E-state index in [0.717, 1.165) is 12.0 Å². The number of ether oxygens (including phenoxy) is 4. The molecule has 0 amide bonds. The van der Waals surface area contributed by atoms with E-state index >= 15 is 0 Å². The monoisotopic (exact) mass is 544 g/mol. The maximum absolute atomic E-state index is 13.9. The van der Waals surface area contributed by atoms with E-state index in [9.17, 15) is 24.0 Å². The largest absolute Gasteiger partial charge is 0.509 e. The van der Waals surface area contributed by atoms with Crippen molar-refractivity contribution in [1.82, 2.24) is 0 Å². The van der Waals surface area contributed by atoms with E-state index in [1.54, 1.807) is 32.9 Å². The molecule has 0 N–H and O–H groups in total. The molecule has 0 aliphatic heterocycles. The third-order valence-corrected chi connectivity index (χ3v) is 9.79. The Hall–Kier alpha value is -2.97. The van der Waals surface area contributed by atoms with Gasteiger partial charge in [-0.15, -0.1) is 0 Å². The lowest BCUT2D eigenvalue weighted by Crippen LogP contribution is -2.63. The van der Waals surface area contributed by atoms with Crippen LogP contribution in [0.2, 0.25) is 0 Å². The number of esters is 2. The lowest BCUT2D eigenvalue weighted by atomic mass is 9.46. The van der Waals surface area contributed by atoms with Crippen LogP contribution in [0.3, 0.4) is 0 Å². The number of allylic oxidation sites excluding steroid dienone is 4. The van der Waals surface area contributed by atoms with Gasteiger partial charge in [0.25, 0.3) is 0 Å². The second-order valence-electron chi connectivity index (χ2n) is 11.6. The van der Waals surface area contributed by atoms with Crippen molar-refractivity contribution in [2.75, 3.05) is 13.2 Å². The van der Waals surface area contributed by atoms with Crippen molar-refractivity contribution in [1.29, 1.82) is 0 Å². The summed E-state index contributed by atoms with van der Waals surface area (Å²) in [6.45, 7) is 8.61. The summed E-state index contributed by atoms with van der Waals surface area (Å²) in [6.07, 6.45) is 6.62. The third kappa shape index (κ3) is 4.82. The lowest BCUT2D eigenvalue weighted by molar-refractivity contribution is -0.196. The zero-order chi connectivity index (χ0) is 28.6. The molecule has 9 heteroatoms. The highest BCUT2D eigenvalue weighted by Crippen LogP contribution is 2.68. The molecule has 214 valence electrons. The Bertz CT molecular complexity index is 1110. The van der Waals surface area contributed by atoms with Gasteiger partial charge in [-0.2, -0.15) is 0 Å². The molecule has 4 aliphatic carbocycles. The maximum atomic E-state index is 13.9. The van der Waals surface area contributed by atoms with E-state index in [-0.39, 0.29) is 61.8 Å². The highest BCUT2D eigenvalue weighted by molar-refractivity contribution is 6.01. The minimum Gasteiger partial charge on any atom is -0.462 e. The first-order valence-corrected chi connectivity index (χ1v) is 14.1. The van der Waals surface area contributed by atoms with Crippen molar-refractivity contribution >= 4 is 29.7 Å². The van der Waals surface area contributed by atoms with Crippen LogP contribution in [0, 0.1) is 28.6 Å². The predicted octanol–water partition coefficient (Wildman–Crippen LogP) is 4.66. The van der Waals surface area contributed by atoms with Gasteiger partial charge >= 0.3 is 18.1 Å². The van der Waals surface area contributed by atoms with Crippen LogP contribution in [-0.4, -0.2) is 54.6 Å². The second-order valence-corrected chi connectivity index (χ2v) is 11.6. The molecule has 7 atom stereocenters. The highest BCUT2D eigenvalue weighted by atomic mass is 16.7. The number of Topliss-reactive ketones (excluding diaryl/α,β-unsaturated/α-hetero) is 1. The molecule has 3 fully saturated rings. The number of carbonyl (C=O) groups excluding carboxylic acids is 5. The summed E-state index contributed by atoms with van der Waals surface area (Å²) >= 11 is 0. The van der Waals surface area contributed by atoms with E-state index in [2.05, 4.69) is 6.92 Å². The molecule has 0 saturated heterocycles. The molecule has 0 aromatic rings. The molecule has 39 heavy (non-hydrogen) atoms. The molecular formula is C30H40O9. The Morgan fingerprint density at radius 2 is 1.72 bits per heavy atom. The molecule has 0 aromatic carbocycles. The van der Waals surface area contributed by atoms with Crippen LogP contribution in [0.4, 0.5) is 4.79 Å². The van der Waals surface area contributed by atoms with E-state index in [1.165, 1.54) is 0 Å². The highest BCUT2D eigenvalue weighted by Gasteiger charge is 2.71. The molecule has 0 bridgehead atoms. The predicted molar refractivity (Wildman–Crippen MR) is 139 cm³/mol. The van der Waals surface area contributed by atoms with Crippen molar-refractivity contribution in [3.05, 3.63) is 23.8 Å². The fraction of sp³-hybridized carbons (Fsp3) is 0.700. The molecule has 3 saturated carbocycles. The normalized spacial score (nSPS) is 36.5. The van der Waals surface area contributed by atoms with Crippen LogP contribution in [0.15, 0.2) is 23.8 Å². The Kier molecular flexibility index (Phi) is 8.11. The van der Waals surface area contributed by atoms with Gasteiger partial charge in [0.05, 0.1) is 6.61 Å². The first kappa shape index (κ1) is 29.0. The fourth-order valence-electron chi connectivity index (χ4n) is 7.98. The van der Waals surface area contributed by atoms with Crippen LogP contribution >= 0.6 is 0 Å². The van der Waals surface area contributed by atoms with Crippen LogP contribution in [0.5, 0.6) is 0 Å². The Labute approximate surface area is 229 Å². The molecular weight excluding hydrogens is 504 g/mol. The summed E-state index contributed by atoms with van der Waals surface area (Å²) < 4.78 is 22.4. The molecule has 0 unspecified atom stereocenters. The number of carbonyl (C=O) groups is 5. The molecule has 0 heterocycles. The number of fused-ring (bicyclic) bond motifs is 5. The van der Waals surface area contributed by atoms with Crippen LogP contribution in [0.25, 0.3) is 0 Å². The molecule has 4 rings (SSSR count). The van der Waals surface area contributed by atoms with Crippen molar-refractivity contribution < 1.29 is 42.9 Å². The van der Waals surface area contributed by atoms with Crippen LogP contribution in [0.1, 0.15) is 79.6 Å². The van der Waals surface area contributed by atoms with Gasteiger partial charge in [-0.25, -0.2) is 4.79 Å². The van der Waals surface area contributed by atoms with E-state index in [0.29, 0.717) is 12.8 Å². The summed E-state index contributed by atoms with van der Waals surface area (Å²) in [6, 6.07) is 0. The zero-order valence-electron chi connectivity index (χ0n) is 23.6. The molecule has 4 aliphatic rings. The zero-order valence-corrected chi connectivity index (χ0v) is 23.6. The molecule has 0 radical (unpaired) electrons. The number of hydrogen-bond acceptors (Lipinski definition) is 9. The standard InChI is InChI=1S/C30H40O9/c1-6-24(33)37-17-23(32)30(39-27(35)36-8-3)14-12-21-20-10-9-18-15-19(31)11-13-28(18,4)26(20)22(16-29(21,30)5)38-25(34)7-2/h11,13,15,20-22,26H,6-10,12,14,16-17H2,1-5H3/t20-,21-,22-,26+,28-,29-,30-/m0/s1. The average molecular weight is 545 g/mol. The van der Waals surface area contributed by atoms with Gasteiger partial charge in [0, 0.05) is 29.6 Å². The summed E-state index contributed by atoms with van der Waals surface area (Å²) in [5.41, 5.74) is -1.95. The van der Waals surface area contributed by atoms with E-state index in [1.807, 2.05) is 13.0 Å². The summed E-state index contributed by atoms with van der Waals surface area (Å²) in [5.74, 6) is -1.52. The maximum Gasteiger partial charge on any atom is 0.509 e. The Morgan fingerprint density at radius 3 is 2.38 bits per heavy atom. The van der Waals surface area contributed by atoms with Gasteiger partial charge in [0.2, 0.25) is 5.78 Å². The van der Waals surface area contributed by atoms with Gasteiger partial charge in [-0.3, -0.25) is 19.2 Å². The van der Waals surface area contributed by atoms with Crippen molar-refractivity contribution in [3.63, 3.8) is 0 Å². The number of rotatable bonds is 8. The van der Waals surface area contributed by atoms with Gasteiger partial charge in [0.1, 0.15) is 6.10 Å². The van der Waals surface area contributed by atoms with Crippen LogP contribution in [-0.2, 0) is 38.1 Å². The van der Waals surface area contributed by atoms with E-state index in [4.69, 9.17) is 18.9 Å². The summed E-state index contributed by atoms with van der Waals surface area (Å²) in [4.78, 5) is 63.5. The van der Waals surface area contributed by atoms with E-state index < -0.39 is 47.0 Å². The lowest BCUT2D eigenvalue weighted by Gasteiger charge is -2.60. The van der Waals surface area contributed by atoms with Gasteiger partial charge < -0.3 is 18.9 Å². The molecule has 9 nitrogen and oxygen atoms in total. The molecule has 0 spiro atoms. The first-order valence-electron chi connectivity index (χ1n) is 14.1. The second kappa shape index (κ2) is 10.9. The van der Waals surface area contributed by atoms with Crippen molar-refractivity contribution in [2.24, 2.45) is 28.6 Å². The Balaban J connectivity index is 1.79. The number of ketones is 2. The van der Waals surface area contributed by atoms with Gasteiger partial charge in [0.15, 0.2) is 18.0 Å². The first-order chi connectivity index (χ1) is 18.5. The minimum atomic E-state index is -1.60. The minimum absolute atomic E-state index is 0.0382. The fourth-order valence-corrected chi connectivity index (χ4v) is 7.98. The summed E-state index contributed by atoms with van der Waals surface area (Å²) in [5, 5.41) is 0. The smallest absolute Gasteiger partial charge is 0.462 e. The SMILES string of the molecule is CCOC(=O)O[C@]1(C(=O)COC(=O)CC)CC[C@H]2[C@@H]3CCC4=CC(=O)C=C[C@]4(C)[C@H]3[C@@H](OC(=O)CC)C[C@@]21C. The topological polar surface area (TPSA) is 122 Å². The summed E-state index contributed by atoms with van der Waals surface area (Å²) in [7, 11) is 0. The average Bonchev–Trinajstić information content (AvgIpc) is 3.19. The van der Waals surface area contributed by atoms with Crippen LogP contribution < -0.4 is 0 Å². The van der Waals surface area contributed by atoms with Crippen molar-refractivity contribution in [3.8, 4) is 0 Å². The molecule has 0 aromatic heterocycles. The van der Waals surface area contributed by atoms with Gasteiger partial charge in [-0.1, -0.05) is 39.3 Å².